The molecule has 1 aromatic heterocycles. The van der Waals surface area contributed by atoms with Crippen LogP contribution in [0, 0.1) is 5.92 Å². The van der Waals surface area contributed by atoms with Crippen molar-refractivity contribution in [1.29, 1.82) is 0 Å². The predicted octanol–water partition coefficient (Wildman–Crippen LogP) is 2.88. The molecule has 1 heterocycles. The average Bonchev–Trinajstić information content (AvgIpc) is 2.83. The molecule has 0 aliphatic heterocycles. The minimum Gasteiger partial charge on any atom is -0.447 e. The highest BCUT2D eigenvalue weighted by Crippen LogP contribution is 2.17. The van der Waals surface area contributed by atoms with Crippen LogP contribution >= 0.6 is 0 Å². The van der Waals surface area contributed by atoms with Crippen molar-refractivity contribution in [3.05, 3.63) is 17.9 Å². The Labute approximate surface area is 128 Å². The van der Waals surface area contributed by atoms with Gasteiger partial charge in [-0.15, -0.1) is 0 Å². The van der Waals surface area contributed by atoms with Crippen molar-refractivity contribution in [2.24, 2.45) is 5.92 Å². The molecule has 6 heteroatoms. The van der Waals surface area contributed by atoms with Crippen LogP contribution in [-0.4, -0.2) is 20.0 Å². The van der Waals surface area contributed by atoms with Gasteiger partial charge in [0.15, 0.2) is 0 Å². The zero-order chi connectivity index (χ0) is 16.3. The molecule has 0 saturated heterocycles. The third-order valence-electron chi connectivity index (χ3n) is 3.53. The molecule has 0 saturated carbocycles. The third kappa shape index (κ3) is 5.80. The van der Waals surface area contributed by atoms with E-state index in [4.69, 9.17) is 4.42 Å². The lowest BCUT2D eigenvalue weighted by Gasteiger charge is -2.19. The molecular formula is C15H28N2O3S. The molecule has 0 aliphatic rings. The fourth-order valence-corrected chi connectivity index (χ4v) is 3.02. The van der Waals surface area contributed by atoms with Crippen LogP contribution in [0.5, 0.6) is 0 Å². The maximum atomic E-state index is 12.3. The molecule has 122 valence electrons. The minimum absolute atomic E-state index is 0.0247. The van der Waals surface area contributed by atoms with Crippen molar-refractivity contribution in [1.82, 2.24) is 10.0 Å². The zero-order valence-electron chi connectivity index (χ0n) is 13.9. The molecule has 5 nitrogen and oxygen atoms in total. The van der Waals surface area contributed by atoms with Crippen LogP contribution in [-0.2, 0) is 16.6 Å². The average molecular weight is 316 g/mol. The molecule has 2 unspecified atom stereocenters. The lowest BCUT2D eigenvalue weighted by atomic mass is 10.0. The first kappa shape index (κ1) is 18.2. The van der Waals surface area contributed by atoms with Gasteiger partial charge in [0.1, 0.15) is 5.76 Å². The predicted molar refractivity (Wildman–Crippen MR) is 84.5 cm³/mol. The van der Waals surface area contributed by atoms with Gasteiger partial charge in [-0.1, -0.05) is 20.3 Å². The number of rotatable bonds is 7. The smallest absolute Gasteiger partial charge is 0.274 e. The van der Waals surface area contributed by atoms with Crippen LogP contribution in [0.3, 0.4) is 0 Å². The molecule has 0 amide bonds. The van der Waals surface area contributed by atoms with Crippen molar-refractivity contribution in [2.45, 2.75) is 71.2 Å². The van der Waals surface area contributed by atoms with Gasteiger partial charge in [0.2, 0.25) is 5.09 Å². The Hall–Kier alpha value is -0.850. The van der Waals surface area contributed by atoms with Crippen LogP contribution in [0.4, 0.5) is 0 Å². The molecular weight excluding hydrogens is 288 g/mol. The van der Waals surface area contributed by atoms with Gasteiger partial charge >= 0.3 is 0 Å². The molecule has 1 aromatic rings. The van der Waals surface area contributed by atoms with Gasteiger partial charge in [-0.05, 0) is 45.7 Å². The Morgan fingerprint density at radius 3 is 2.38 bits per heavy atom. The minimum atomic E-state index is -3.59. The van der Waals surface area contributed by atoms with E-state index in [1.165, 1.54) is 6.07 Å². The maximum Gasteiger partial charge on any atom is 0.274 e. The summed E-state index contributed by atoms with van der Waals surface area (Å²) in [6.07, 6.45) is 0.919. The van der Waals surface area contributed by atoms with Gasteiger partial charge in [-0.2, -0.15) is 0 Å². The van der Waals surface area contributed by atoms with Crippen LogP contribution in [0.25, 0.3) is 0 Å². The molecule has 0 bridgehead atoms. The first-order chi connectivity index (χ1) is 9.55. The molecule has 0 aromatic carbocycles. The lowest BCUT2D eigenvalue weighted by Crippen LogP contribution is -2.36. The number of hydrogen-bond acceptors (Lipinski definition) is 4. The van der Waals surface area contributed by atoms with Crippen LogP contribution in [0.2, 0.25) is 0 Å². The van der Waals surface area contributed by atoms with E-state index in [2.05, 4.69) is 10.0 Å². The van der Waals surface area contributed by atoms with E-state index in [-0.39, 0.29) is 22.6 Å². The normalized spacial score (nSPS) is 15.9. The van der Waals surface area contributed by atoms with Gasteiger partial charge in [0.25, 0.3) is 10.0 Å². The Bertz CT molecular complexity index is 544. The summed E-state index contributed by atoms with van der Waals surface area (Å²) in [5.74, 6) is 0.887. The molecule has 0 radical (unpaired) electrons. The van der Waals surface area contributed by atoms with Crippen LogP contribution < -0.4 is 10.0 Å². The Morgan fingerprint density at radius 2 is 1.86 bits per heavy atom. The lowest BCUT2D eigenvalue weighted by molar-refractivity contribution is 0.356. The summed E-state index contributed by atoms with van der Waals surface area (Å²) in [7, 11) is -3.59. The summed E-state index contributed by atoms with van der Waals surface area (Å²) in [4.78, 5) is 0. The topological polar surface area (TPSA) is 71.3 Å². The quantitative estimate of drug-likeness (QED) is 0.811. The van der Waals surface area contributed by atoms with E-state index in [1.807, 2.05) is 41.5 Å². The highest BCUT2D eigenvalue weighted by atomic mass is 32.2. The van der Waals surface area contributed by atoms with E-state index in [0.717, 1.165) is 6.42 Å². The monoisotopic (exact) mass is 316 g/mol. The molecule has 1 rings (SSSR count). The molecule has 21 heavy (non-hydrogen) atoms. The Balaban J connectivity index is 2.74. The fourth-order valence-electron chi connectivity index (χ4n) is 1.72. The van der Waals surface area contributed by atoms with E-state index in [1.54, 1.807) is 6.07 Å². The third-order valence-corrected chi connectivity index (χ3v) is 4.96. The summed E-state index contributed by atoms with van der Waals surface area (Å²) in [5, 5.41) is 3.24. The summed E-state index contributed by atoms with van der Waals surface area (Å²) in [6.45, 7) is 12.6. The fraction of sp³-hybridized carbons (Fsp3) is 0.733. The first-order valence-electron chi connectivity index (χ1n) is 7.41. The van der Waals surface area contributed by atoms with E-state index < -0.39 is 10.0 Å². The molecule has 2 atom stereocenters. The summed E-state index contributed by atoms with van der Waals surface area (Å²) >= 11 is 0. The zero-order valence-corrected chi connectivity index (χ0v) is 14.7. The van der Waals surface area contributed by atoms with Crippen molar-refractivity contribution in [3.63, 3.8) is 0 Å². The highest BCUT2D eigenvalue weighted by Gasteiger charge is 2.23. The second-order valence-corrected chi connectivity index (χ2v) is 8.26. The first-order valence-corrected chi connectivity index (χ1v) is 8.89. The van der Waals surface area contributed by atoms with Crippen molar-refractivity contribution in [3.8, 4) is 0 Å². The maximum absolute atomic E-state index is 12.3. The Kier molecular flexibility index (Phi) is 6.01. The molecule has 0 fully saturated rings. The van der Waals surface area contributed by atoms with Gasteiger partial charge in [0, 0.05) is 11.6 Å². The Morgan fingerprint density at radius 1 is 1.24 bits per heavy atom. The second kappa shape index (κ2) is 6.94. The SMILES string of the molecule is CCC(C)C(C)NS(=O)(=O)c1ccc(CNC(C)(C)C)o1. The van der Waals surface area contributed by atoms with E-state index in [9.17, 15) is 8.42 Å². The largest absolute Gasteiger partial charge is 0.447 e. The van der Waals surface area contributed by atoms with Gasteiger partial charge < -0.3 is 9.73 Å². The van der Waals surface area contributed by atoms with Gasteiger partial charge in [0.05, 0.1) is 6.54 Å². The number of sulfonamides is 1. The number of hydrogen-bond donors (Lipinski definition) is 2. The molecule has 0 spiro atoms. The number of furan rings is 1. The summed E-state index contributed by atoms with van der Waals surface area (Å²) < 4.78 is 32.6. The number of nitrogens with one attached hydrogen (secondary N) is 2. The van der Waals surface area contributed by atoms with Crippen LogP contribution in [0.15, 0.2) is 21.6 Å². The van der Waals surface area contributed by atoms with E-state index >= 15 is 0 Å². The second-order valence-electron chi connectivity index (χ2n) is 6.62. The van der Waals surface area contributed by atoms with Gasteiger partial charge in [-0.3, -0.25) is 0 Å². The van der Waals surface area contributed by atoms with E-state index in [0.29, 0.717) is 12.3 Å². The van der Waals surface area contributed by atoms with Crippen molar-refractivity contribution in [2.75, 3.05) is 0 Å². The molecule has 2 N–H and O–H groups in total. The van der Waals surface area contributed by atoms with Gasteiger partial charge in [-0.25, -0.2) is 13.1 Å². The van der Waals surface area contributed by atoms with Crippen molar-refractivity contribution < 1.29 is 12.8 Å². The highest BCUT2D eigenvalue weighted by molar-refractivity contribution is 7.89. The standard InChI is InChI=1S/C15H28N2O3S/c1-7-11(2)12(3)17-21(18,19)14-9-8-13(20-14)10-16-15(4,5)6/h8-9,11-12,16-17H,7,10H2,1-6H3. The molecule has 0 aliphatic carbocycles. The van der Waals surface area contributed by atoms with Crippen molar-refractivity contribution >= 4 is 10.0 Å². The van der Waals surface area contributed by atoms with Crippen LogP contribution in [0.1, 0.15) is 53.7 Å². The summed E-state index contributed by atoms with van der Waals surface area (Å²) in [6, 6.07) is 3.08. The summed E-state index contributed by atoms with van der Waals surface area (Å²) in [5.41, 5.74) is -0.0465.